The zero-order valence-corrected chi connectivity index (χ0v) is 16.2. The molecule has 0 saturated heterocycles. The molecular formula is C22H25FN2O3. The fraction of sp³-hybridized carbons (Fsp3) is 0.364. The maximum absolute atomic E-state index is 13.7. The topological polar surface area (TPSA) is 67.4 Å². The Morgan fingerprint density at radius 1 is 1.04 bits per heavy atom. The number of ether oxygens (including phenoxy) is 1. The molecule has 0 aliphatic heterocycles. The lowest BCUT2D eigenvalue weighted by Crippen LogP contribution is -2.51. The number of halogens is 1. The summed E-state index contributed by atoms with van der Waals surface area (Å²) in [6, 6.07) is 11.8. The van der Waals surface area contributed by atoms with Crippen molar-refractivity contribution in [3.63, 3.8) is 0 Å². The molecule has 1 aliphatic carbocycles. The van der Waals surface area contributed by atoms with Crippen LogP contribution in [0.25, 0.3) is 0 Å². The third-order valence-electron chi connectivity index (χ3n) is 5.15. The number of amides is 2. The van der Waals surface area contributed by atoms with Gasteiger partial charge < -0.3 is 4.74 Å². The highest BCUT2D eigenvalue weighted by molar-refractivity contribution is 5.90. The van der Waals surface area contributed by atoms with E-state index in [1.165, 1.54) is 12.1 Å². The van der Waals surface area contributed by atoms with E-state index in [1.807, 2.05) is 32.0 Å². The summed E-state index contributed by atoms with van der Waals surface area (Å²) in [5.41, 5.74) is 6.83. The lowest BCUT2D eigenvalue weighted by atomic mass is 9.78. The van der Waals surface area contributed by atoms with Gasteiger partial charge in [-0.25, -0.2) is 4.39 Å². The number of carbonyl (C=O) groups excluding carboxylic acids is 2. The van der Waals surface area contributed by atoms with Gasteiger partial charge in [-0.15, -0.1) is 0 Å². The second kappa shape index (κ2) is 8.42. The highest BCUT2D eigenvalue weighted by Gasteiger charge is 2.43. The first-order valence-corrected chi connectivity index (χ1v) is 9.45. The van der Waals surface area contributed by atoms with Gasteiger partial charge in [0.1, 0.15) is 11.6 Å². The summed E-state index contributed by atoms with van der Waals surface area (Å²) >= 11 is 0. The Balaban J connectivity index is 1.59. The molecule has 2 amide bonds. The van der Waals surface area contributed by atoms with E-state index in [-0.39, 0.29) is 18.3 Å². The van der Waals surface area contributed by atoms with Crippen molar-refractivity contribution in [1.82, 2.24) is 10.9 Å². The third kappa shape index (κ3) is 4.50. The number of hydrogen-bond acceptors (Lipinski definition) is 3. The van der Waals surface area contributed by atoms with E-state index >= 15 is 0 Å². The molecule has 0 heterocycles. The minimum absolute atomic E-state index is 0.212. The van der Waals surface area contributed by atoms with Crippen LogP contribution in [0.3, 0.4) is 0 Å². The average molecular weight is 384 g/mol. The summed E-state index contributed by atoms with van der Waals surface area (Å²) in [6.45, 7) is 3.69. The largest absolute Gasteiger partial charge is 0.484 e. The Bertz CT molecular complexity index is 856. The molecule has 1 fully saturated rings. The number of benzene rings is 2. The van der Waals surface area contributed by atoms with Crippen molar-refractivity contribution in [1.29, 1.82) is 0 Å². The predicted molar refractivity (Wildman–Crippen MR) is 104 cm³/mol. The first-order valence-electron chi connectivity index (χ1n) is 9.45. The third-order valence-corrected chi connectivity index (χ3v) is 5.15. The number of hydrazine groups is 1. The summed E-state index contributed by atoms with van der Waals surface area (Å²) in [5, 5.41) is 0. The molecule has 1 saturated carbocycles. The van der Waals surface area contributed by atoms with Crippen molar-refractivity contribution < 1.29 is 18.7 Å². The van der Waals surface area contributed by atoms with Gasteiger partial charge in [-0.3, -0.25) is 20.4 Å². The predicted octanol–water partition coefficient (Wildman–Crippen LogP) is 3.48. The first kappa shape index (κ1) is 19.9. The molecule has 0 bridgehead atoms. The van der Waals surface area contributed by atoms with E-state index < -0.39 is 11.3 Å². The number of carbonyl (C=O) groups is 2. The SMILES string of the molecule is Cc1cc(C)cc(OCC(=O)NNC(=O)C2(c3cccc(F)c3)CCCC2)c1. The summed E-state index contributed by atoms with van der Waals surface area (Å²) < 4.78 is 19.2. The molecule has 6 heteroatoms. The fourth-order valence-corrected chi connectivity index (χ4v) is 3.86. The number of hydrogen-bond donors (Lipinski definition) is 2. The van der Waals surface area contributed by atoms with Gasteiger partial charge in [0.2, 0.25) is 5.91 Å². The van der Waals surface area contributed by atoms with E-state index in [4.69, 9.17) is 4.74 Å². The van der Waals surface area contributed by atoms with Gasteiger partial charge in [0, 0.05) is 0 Å². The van der Waals surface area contributed by atoms with Gasteiger partial charge in [0.25, 0.3) is 5.91 Å². The van der Waals surface area contributed by atoms with Crippen LogP contribution in [0.5, 0.6) is 5.75 Å². The lowest BCUT2D eigenvalue weighted by Gasteiger charge is -2.28. The van der Waals surface area contributed by atoms with Crippen LogP contribution in [0.15, 0.2) is 42.5 Å². The summed E-state index contributed by atoms with van der Waals surface area (Å²) in [6.07, 6.45) is 3.01. The van der Waals surface area contributed by atoms with E-state index in [1.54, 1.807) is 12.1 Å². The maximum atomic E-state index is 13.7. The highest BCUT2D eigenvalue weighted by atomic mass is 19.1. The molecule has 148 valence electrons. The van der Waals surface area contributed by atoms with Crippen LogP contribution >= 0.6 is 0 Å². The highest BCUT2D eigenvalue weighted by Crippen LogP contribution is 2.41. The summed E-state index contributed by atoms with van der Waals surface area (Å²) in [7, 11) is 0. The van der Waals surface area contributed by atoms with E-state index in [2.05, 4.69) is 10.9 Å². The Labute approximate surface area is 164 Å². The van der Waals surface area contributed by atoms with E-state index in [0.29, 0.717) is 24.2 Å². The van der Waals surface area contributed by atoms with Crippen molar-refractivity contribution in [3.8, 4) is 5.75 Å². The van der Waals surface area contributed by atoms with Gasteiger partial charge in [0.05, 0.1) is 5.41 Å². The van der Waals surface area contributed by atoms with Crippen LogP contribution in [0.1, 0.15) is 42.4 Å². The smallest absolute Gasteiger partial charge is 0.276 e. The van der Waals surface area contributed by atoms with Crippen molar-refractivity contribution in [2.45, 2.75) is 44.9 Å². The Hall–Kier alpha value is -2.89. The molecule has 0 unspecified atom stereocenters. The molecule has 0 spiro atoms. The lowest BCUT2D eigenvalue weighted by molar-refractivity contribution is -0.133. The Morgan fingerprint density at radius 2 is 1.71 bits per heavy atom. The van der Waals surface area contributed by atoms with E-state index in [9.17, 15) is 14.0 Å². The zero-order valence-electron chi connectivity index (χ0n) is 16.2. The normalized spacial score (nSPS) is 15.1. The van der Waals surface area contributed by atoms with Gasteiger partial charge in [-0.2, -0.15) is 0 Å². The summed E-state index contributed by atoms with van der Waals surface area (Å²) in [4.78, 5) is 24.9. The van der Waals surface area contributed by atoms with Crippen LogP contribution in [0, 0.1) is 19.7 Å². The Morgan fingerprint density at radius 3 is 2.36 bits per heavy atom. The molecule has 28 heavy (non-hydrogen) atoms. The zero-order chi connectivity index (χ0) is 20.1. The van der Waals surface area contributed by atoms with Crippen molar-refractivity contribution in [2.75, 3.05) is 6.61 Å². The molecule has 1 aliphatic rings. The van der Waals surface area contributed by atoms with E-state index in [0.717, 1.165) is 24.0 Å². The Kier molecular flexibility index (Phi) is 5.97. The molecule has 5 nitrogen and oxygen atoms in total. The van der Waals surface area contributed by atoms with Crippen molar-refractivity contribution in [2.24, 2.45) is 0 Å². The van der Waals surface area contributed by atoms with Crippen LogP contribution < -0.4 is 15.6 Å². The molecular weight excluding hydrogens is 359 g/mol. The van der Waals surface area contributed by atoms with Crippen LogP contribution in [0.2, 0.25) is 0 Å². The maximum Gasteiger partial charge on any atom is 0.276 e. The van der Waals surface area contributed by atoms with Gasteiger partial charge in [-0.05, 0) is 67.6 Å². The van der Waals surface area contributed by atoms with Gasteiger partial charge in [0.15, 0.2) is 6.61 Å². The molecule has 2 aromatic carbocycles. The standard InChI is InChI=1S/C22H25FN2O3/c1-15-10-16(2)12-19(11-15)28-14-20(26)24-25-21(27)22(8-3-4-9-22)17-6-5-7-18(23)13-17/h5-7,10-13H,3-4,8-9,14H2,1-2H3,(H,24,26)(H,25,27). The second-order valence-electron chi connectivity index (χ2n) is 7.41. The van der Waals surface area contributed by atoms with Crippen molar-refractivity contribution >= 4 is 11.8 Å². The molecule has 0 radical (unpaired) electrons. The monoisotopic (exact) mass is 384 g/mol. The number of aryl methyl sites for hydroxylation is 2. The molecule has 2 aromatic rings. The van der Waals surface area contributed by atoms with Gasteiger partial charge >= 0.3 is 0 Å². The molecule has 0 aromatic heterocycles. The molecule has 2 N–H and O–H groups in total. The number of rotatable bonds is 5. The minimum atomic E-state index is -0.816. The number of nitrogens with one attached hydrogen (secondary N) is 2. The average Bonchev–Trinajstić information content (AvgIpc) is 3.15. The van der Waals surface area contributed by atoms with Gasteiger partial charge in [-0.1, -0.05) is 31.0 Å². The second-order valence-corrected chi connectivity index (χ2v) is 7.41. The van der Waals surface area contributed by atoms with Crippen LogP contribution in [-0.2, 0) is 15.0 Å². The van der Waals surface area contributed by atoms with Crippen LogP contribution in [-0.4, -0.2) is 18.4 Å². The quantitative estimate of drug-likeness (QED) is 0.776. The first-order chi connectivity index (χ1) is 13.4. The molecule has 0 atom stereocenters. The van der Waals surface area contributed by atoms with Crippen molar-refractivity contribution in [3.05, 3.63) is 65.0 Å². The molecule has 3 rings (SSSR count). The fourth-order valence-electron chi connectivity index (χ4n) is 3.86. The minimum Gasteiger partial charge on any atom is -0.484 e. The van der Waals surface area contributed by atoms with Crippen LogP contribution in [0.4, 0.5) is 4.39 Å². The summed E-state index contributed by atoms with van der Waals surface area (Å²) in [5.74, 6) is -0.552.